The first-order valence-corrected chi connectivity index (χ1v) is 9.29. The van der Waals surface area contributed by atoms with Gasteiger partial charge >= 0.3 is 6.09 Å². The lowest BCUT2D eigenvalue weighted by molar-refractivity contribution is 0.0139. The minimum absolute atomic E-state index is 0.232. The number of pyridine rings is 1. The normalized spacial score (nSPS) is 18.0. The van der Waals surface area contributed by atoms with Crippen LogP contribution in [0.5, 0.6) is 5.75 Å². The molecule has 0 unspecified atom stereocenters. The van der Waals surface area contributed by atoms with E-state index < -0.39 is 5.60 Å². The molecule has 1 aromatic carbocycles. The number of hydrogen-bond donors (Lipinski definition) is 0. The summed E-state index contributed by atoms with van der Waals surface area (Å²) in [6.07, 6.45) is 1.79. The van der Waals surface area contributed by atoms with Gasteiger partial charge in [-0.2, -0.15) is 0 Å². The summed E-state index contributed by atoms with van der Waals surface area (Å²) in [4.78, 5) is 18.7. The third-order valence-electron chi connectivity index (χ3n) is 4.47. The lowest BCUT2D eigenvalue weighted by Gasteiger charge is -2.34. The molecule has 0 bridgehead atoms. The zero-order valence-electron chi connectivity index (χ0n) is 16.1. The minimum Gasteiger partial charge on any atom is -0.491 e. The van der Waals surface area contributed by atoms with E-state index in [1.807, 2.05) is 52.0 Å². The Kier molecular flexibility index (Phi) is 5.35. The van der Waals surface area contributed by atoms with Gasteiger partial charge in [0.1, 0.15) is 16.9 Å². The van der Waals surface area contributed by atoms with E-state index in [-0.39, 0.29) is 6.09 Å². The van der Waals surface area contributed by atoms with Crippen LogP contribution in [0.1, 0.15) is 39.3 Å². The Morgan fingerprint density at radius 2 is 2.08 bits per heavy atom. The van der Waals surface area contributed by atoms with Gasteiger partial charge in [-0.1, -0.05) is 18.2 Å². The molecule has 1 aliphatic rings. The molecule has 1 aromatic heterocycles. The van der Waals surface area contributed by atoms with Crippen LogP contribution < -0.4 is 4.74 Å². The minimum atomic E-state index is -0.465. The van der Waals surface area contributed by atoms with Crippen LogP contribution in [0.15, 0.2) is 30.3 Å². The van der Waals surface area contributed by atoms with Crippen LogP contribution in [0.4, 0.5) is 4.79 Å². The Morgan fingerprint density at radius 3 is 2.85 bits per heavy atom. The molecular formula is C21H28N2O3. The molecule has 26 heavy (non-hydrogen) atoms. The smallest absolute Gasteiger partial charge is 0.410 e. The predicted molar refractivity (Wildman–Crippen MR) is 103 cm³/mol. The number of carbonyl (C=O) groups excluding carboxylic acids is 1. The van der Waals surface area contributed by atoms with E-state index in [1.165, 1.54) is 0 Å². The molecule has 0 aliphatic carbocycles. The van der Waals surface area contributed by atoms with Gasteiger partial charge in [0, 0.05) is 30.1 Å². The second-order valence-corrected chi connectivity index (χ2v) is 8.03. The summed E-state index contributed by atoms with van der Waals surface area (Å²) < 4.78 is 11.6. The van der Waals surface area contributed by atoms with Gasteiger partial charge in [-0.15, -0.1) is 0 Å². The Morgan fingerprint density at radius 1 is 1.27 bits per heavy atom. The molecule has 5 heteroatoms. The molecule has 1 fully saturated rings. The number of likely N-dealkylation sites (tertiary alicyclic amines) is 1. The summed E-state index contributed by atoms with van der Waals surface area (Å²) in [5.41, 5.74) is 1.40. The van der Waals surface area contributed by atoms with Crippen molar-refractivity contribution in [2.24, 2.45) is 5.92 Å². The van der Waals surface area contributed by atoms with Gasteiger partial charge in [0.25, 0.3) is 0 Å². The van der Waals surface area contributed by atoms with Gasteiger partial charge in [-0.05, 0) is 52.7 Å². The van der Waals surface area contributed by atoms with Gasteiger partial charge < -0.3 is 14.4 Å². The van der Waals surface area contributed by atoms with Crippen molar-refractivity contribution >= 4 is 17.0 Å². The lowest BCUT2D eigenvalue weighted by Crippen LogP contribution is -2.44. The van der Waals surface area contributed by atoms with E-state index in [4.69, 9.17) is 9.47 Å². The summed E-state index contributed by atoms with van der Waals surface area (Å²) in [7, 11) is 0. The third kappa shape index (κ3) is 4.65. The van der Waals surface area contributed by atoms with E-state index in [9.17, 15) is 4.79 Å². The van der Waals surface area contributed by atoms with Gasteiger partial charge in [0.2, 0.25) is 0 Å². The van der Waals surface area contributed by atoms with Gasteiger partial charge in [-0.25, -0.2) is 9.78 Å². The van der Waals surface area contributed by atoms with Crippen LogP contribution in [0.25, 0.3) is 10.9 Å². The van der Waals surface area contributed by atoms with Crippen molar-refractivity contribution in [1.82, 2.24) is 9.88 Å². The lowest BCUT2D eigenvalue weighted by atomic mass is 9.99. The van der Waals surface area contributed by atoms with E-state index in [0.29, 0.717) is 19.1 Å². The highest BCUT2D eigenvalue weighted by Gasteiger charge is 2.28. The highest BCUT2D eigenvalue weighted by atomic mass is 16.6. The second kappa shape index (κ2) is 7.52. The average molecular weight is 356 g/mol. The molecular weight excluding hydrogens is 328 g/mol. The number of hydrogen-bond acceptors (Lipinski definition) is 4. The van der Waals surface area contributed by atoms with Crippen LogP contribution in [0, 0.1) is 12.8 Å². The van der Waals surface area contributed by atoms with Crippen molar-refractivity contribution in [3.8, 4) is 5.75 Å². The van der Waals surface area contributed by atoms with Crippen molar-refractivity contribution < 1.29 is 14.3 Å². The third-order valence-corrected chi connectivity index (χ3v) is 4.47. The summed E-state index contributed by atoms with van der Waals surface area (Å²) in [5, 5.41) is 1.08. The van der Waals surface area contributed by atoms with Crippen molar-refractivity contribution in [2.75, 3.05) is 19.7 Å². The maximum absolute atomic E-state index is 12.3. The number of ether oxygens (including phenoxy) is 2. The van der Waals surface area contributed by atoms with E-state index in [0.717, 1.165) is 41.7 Å². The summed E-state index contributed by atoms with van der Waals surface area (Å²) >= 11 is 0. The van der Waals surface area contributed by atoms with Crippen LogP contribution >= 0.6 is 0 Å². The predicted octanol–water partition coefficient (Wildman–Crippen LogP) is 4.57. The van der Waals surface area contributed by atoms with Gasteiger partial charge in [0.05, 0.1) is 6.61 Å². The number of benzene rings is 1. The zero-order chi connectivity index (χ0) is 18.7. The van der Waals surface area contributed by atoms with Crippen molar-refractivity contribution in [2.45, 2.75) is 46.1 Å². The molecule has 1 saturated heterocycles. The number of para-hydroxylation sites is 1. The fourth-order valence-electron chi connectivity index (χ4n) is 3.23. The first-order chi connectivity index (χ1) is 12.3. The summed E-state index contributed by atoms with van der Waals surface area (Å²) in [6.45, 7) is 9.66. The number of carbonyl (C=O) groups is 1. The molecule has 1 atom stereocenters. The van der Waals surface area contributed by atoms with Crippen molar-refractivity contribution in [1.29, 1.82) is 0 Å². The van der Waals surface area contributed by atoms with E-state index >= 15 is 0 Å². The summed E-state index contributed by atoms with van der Waals surface area (Å²) in [5.74, 6) is 1.11. The van der Waals surface area contributed by atoms with Crippen molar-refractivity contribution in [3.63, 3.8) is 0 Å². The Bertz CT molecular complexity index is 782. The van der Waals surface area contributed by atoms with Crippen molar-refractivity contribution in [3.05, 3.63) is 36.0 Å². The molecule has 140 valence electrons. The molecule has 2 heterocycles. The standard InChI is InChI=1S/C21H28N2O3/c1-15-10-11-17-8-5-9-18(19(17)22-15)25-14-16-7-6-12-23(13-16)20(24)26-21(2,3)4/h5,8-11,16H,6-7,12-14H2,1-4H3/t16-/m1/s1. The maximum Gasteiger partial charge on any atom is 0.410 e. The molecule has 0 spiro atoms. The first-order valence-electron chi connectivity index (χ1n) is 9.29. The highest BCUT2D eigenvalue weighted by Crippen LogP contribution is 2.26. The van der Waals surface area contributed by atoms with Crippen LogP contribution in [0.2, 0.25) is 0 Å². The van der Waals surface area contributed by atoms with Crippen LogP contribution in [-0.4, -0.2) is 41.3 Å². The monoisotopic (exact) mass is 356 g/mol. The number of piperidine rings is 1. The SMILES string of the molecule is Cc1ccc2cccc(OC[C@@H]3CCCN(C(=O)OC(C)(C)C)C3)c2n1. The molecule has 5 nitrogen and oxygen atoms in total. The molecule has 1 amide bonds. The fourth-order valence-corrected chi connectivity index (χ4v) is 3.23. The Hall–Kier alpha value is -2.30. The number of aromatic nitrogens is 1. The van der Waals surface area contributed by atoms with Gasteiger partial charge in [-0.3, -0.25) is 0 Å². The second-order valence-electron chi connectivity index (χ2n) is 8.03. The quantitative estimate of drug-likeness (QED) is 0.808. The molecule has 0 saturated carbocycles. The topological polar surface area (TPSA) is 51.7 Å². The summed E-state index contributed by atoms with van der Waals surface area (Å²) in [6, 6.07) is 10.1. The molecule has 0 N–H and O–H groups in total. The van der Waals surface area contributed by atoms with Crippen LogP contribution in [0.3, 0.4) is 0 Å². The number of rotatable bonds is 3. The van der Waals surface area contributed by atoms with E-state index in [2.05, 4.69) is 11.1 Å². The largest absolute Gasteiger partial charge is 0.491 e. The molecule has 0 radical (unpaired) electrons. The Labute approximate surface area is 155 Å². The average Bonchev–Trinajstić information content (AvgIpc) is 2.58. The number of fused-ring (bicyclic) bond motifs is 1. The highest BCUT2D eigenvalue weighted by molar-refractivity contribution is 5.84. The maximum atomic E-state index is 12.3. The van der Waals surface area contributed by atoms with Gasteiger partial charge in [0.15, 0.2) is 0 Å². The first kappa shape index (κ1) is 18.5. The van der Waals surface area contributed by atoms with E-state index in [1.54, 1.807) is 4.90 Å². The molecule has 3 rings (SSSR count). The number of aryl methyl sites for hydroxylation is 1. The molecule has 1 aliphatic heterocycles. The molecule has 2 aromatic rings. The number of nitrogens with zero attached hydrogens (tertiary/aromatic N) is 2. The number of amides is 1. The van der Waals surface area contributed by atoms with Crippen LogP contribution in [-0.2, 0) is 4.74 Å². The Balaban J connectivity index is 1.63. The fraction of sp³-hybridized carbons (Fsp3) is 0.524. The zero-order valence-corrected chi connectivity index (χ0v) is 16.1.